The summed E-state index contributed by atoms with van der Waals surface area (Å²) in [6, 6.07) is 0. The summed E-state index contributed by atoms with van der Waals surface area (Å²) in [6.45, 7) is 1.87. The lowest BCUT2D eigenvalue weighted by Gasteiger charge is -2.10. The Bertz CT molecular complexity index is 290. The highest BCUT2D eigenvalue weighted by molar-refractivity contribution is 5.85. The van der Waals surface area contributed by atoms with Crippen molar-refractivity contribution in [2.45, 2.75) is 12.5 Å². The van der Waals surface area contributed by atoms with Crippen LogP contribution in [0, 0.1) is 0 Å². The van der Waals surface area contributed by atoms with Gasteiger partial charge >= 0.3 is 0 Å². The first-order valence-electron chi connectivity index (χ1n) is 4.29. The minimum absolute atomic E-state index is 0. The summed E-state index contributed by atoms with van der Waals surface area (Å²) >= 11 is 0. The lowest BCUT2D eigenvalue weighted by atomic mass is 10.3. The Morgan fingerprint density at radius 3 is 3.00 bits per heavy atom. The molecular formula is C8H13ClN4O. The molecule has 0 saturated carbocycles. The molecule has 14 heavy (non-hydrogen) atoms. The Kier molecular flexibility index (Phi) is 3.91. The molecule has 3 N–H and O–H groups in total. The van der Waals surface area contributed by atoms with E-state index in [2.05, 4.69) is 15.3 Å². The zero-order valence-corrected chi connectivity index (χ0v) is 8.46. The molecule has 0 aliphatic carbocycles. The first-order valence-corrected chi connectivity index (χ1v) is 4.29. The molecule has 0 spiro atoms. The van der Waals surface area contributed by atoms with E-state index in [0.29, 0.717) is 11.7 Å². The summed E-state index contributed by atoms with van der Waals surface area (Å²) in [5.74, 6) is 0.900. The Balaban J connectivity index is 0.000000980. The van der Waals surface area contributed by atoms with Gasteiger partial charge in [-0.05, 0) is 13.0 Å². The molecule has 6 heteroatoms. The second-order valence-electron chi connectivity index (χ2n) is 3.01. The lowest BCUT2D eigenvalue weighted by molar-refractivity contribution is 0.213. The highest BCUT2D eigenvalue weighted by Crippen LogP contribution is 2.11. The third-order valence-corrected chi connectivity index (χ3v) is 1.93. The minimum Gasteiger partial charge on any atom is -0.472 e. The molecule has 1 saturated heterocycles. The van der Waals surface area contributed by atoms with E-state index in [1.54, 1.807) is 6.20 Å². The third-order valence-electron chi connectivity index (χ3n) is 1.93. The first kappa shape index (κ1) is 11.0. The van der Waals surface area contributed by atoms with E-state index in [4.69, 9.17) is 10.5 Å². The number of nitrogens with zero attached hydrogens (tertiary/aromatic N) is 2. The van der Waals surface area contributed by atoms with Crippen LogP contribution in [0.15, 0.2) is 12.4 Å². The fourth-order valence-corrected chi connectivity index (χ4v) is 1.32. The standard InChI is InChI=1S/C8H12N4O.ClH/c9-7-4-11-5-8(12-7)13-6-1-2-10-3-6;/h4-6,10H,1-3H2,(H2,9,12);1H/t6-;/m1./s1. The van der Waals surface area contributed by atoms with Gasteiger partial charge < -0.3 is 15.8 Å². The van der Waals surface area contributed by atoms with Gasteiger partial charge in [0.1, 0.15) is 11.9 Å². The van der Waals surface area contributed by atoms with Gasteiger partial charge in [-0.3, -0.25) is 4.98 Å². The maximum absolute atomic E-state index is 5.54. The van der Waals surface area contributed by atoms with E-state index in [-0.39, 0.29) is 18.5 Å². The van der Waals surface area contributed by atoms with Crippen LogP contribution in [0.4, 0.5) is 5.82 Å². The number of halogens is 1. The molecule has 1 atom stereocenters. The maximum Gasteiger partial charge on any atom is 0.234 e. The molecule has 0 aromatic carbocycles. The highest BCUT2D eigenvalue weighted by atomic mass is 35.5. The Hall–Kier alpha value is -1.07. The van der Waals surface area contributed by atoms with Gasteiger partial charge in [-0.2, -0.15) is 4.98 Å². The van der Waals surface area contributed by atoms with E-state index >= 15 is 0 Å². The number of rotatable bonds is 2. The average molecular weight is 217 g/mol. The number of ether oxygens (including phenoxy) is 1. The van der Waals surface area contributed by atoms with E-state index in [1.165, 1.54) is 6.20 Å². The van der Waals surface area contributed by atoms with Gasteiger partial charge in [-0.15, -0.1) is 12.4 Å². The smallest absolute Gasteiger partial charge is 0.234 e. The number of hydrogen-bond acceptors (Lipinski definition) is 5. The molecule has 1 aliphatic rings. The molecule has 1 aromatic heterocycles. The van der Waals surface area contributed by atoms with E-state index in [9.17, 15) is 0 Å². The van der Waals surface area contributed by atoms with E-state index in [0.717, 1.165) is 19.5 Å². The zero-order chi connectivity index (χ0) is 9.10. The molecular weight excluding hydrogens is 204 g/mol. The number of nitrogens with one attached hydrogen (secondary N) is 1. The van der Waals surface area contributed by atoms with Crippen molar-refractivity contribution in [1.82, 2.24) is 15.3 Å². The van der Waals surface area contributed by atoms with Crippen LogP contribution < -0.4 is 15.8 Å². The summed E-state index contributed by atoms with van der Waals surface area (Å²) in [5.41, 5.74) is 5.46. The maximum atomic E-state index is 5.54. The largest absolute Gasteiger partial charge is 0.472 e. The summed E-state index contributed by atoms with van der Waals surface area (Å²) in [7, 11) is 0. The van der Waals surface area contributed by atoms with Crippen molar-refractivity contribution in [2.24, 2.45) is 0 Å². The number of hydrogen-bond donors (Lipinski definition) is 2. The normalized spacial score (nSPS) is 20.1. The van der Waals surface area contributed by atoms with Gasteiger partial charge in [0.05, 0.1) is 12.4 Å². The first-order chi connectivity index (χ1) is 6.34. The van der Waals surface area contributed by atoms with Crippen molar-refractivity contribution in [2.75, 3.05) is 18.8 Å². The van der Waals surface area contributed by atoms with Crippen LogP contribution in [0.1, 0.15) is 6.42 Å². The van der Waals surface area contributed by atoms with Gasteiger partial charge in [0.2, 0.25) is 5.88 Å². The van der Waals surface area contributed by atoms with Gasteiger partial charge in [0, 0.05) is 6.54 Å². The van der Waals surface area contributed by atoms with Gasteiger partial charge in [-0.25, -0.2) is 0 Å². The fourth-order valence-electron chi connectivity index (χ4n) is 1.32. The summed E-state index contributed by atoms with van der Waals surface area (Å²) < 4.78 is 5.54. The minimum atomic E-state index is 0. The second-order valence-corrected chi connectivity index (χ2v) is 3.01. The lowest BCUT2D eigenvalue weighted by Crippen LogP contribution is -2.20. The van der Waals surface area contributed by atoms with Crippen molar-refractivity contribution in [3.8, 4) is 5.88 Å². The Morgan fingerprint density at radius 2 is 2.36 bits per heavy atom. The predicted octanol–water partition coefficient (Wildman–Crippen LogP) is 0.221. The molecule has 5 nitrogen and oxygen atoms in total. The fraction of sp³-hybridized carbons (Fsp3) is 0.500. The van der Waals surface area contributed by atoms with Crippen molar-refractivity contribution in [3.05, 3.63) is 12.4 Å². The molecule has 1 fully saturated rings. The Labute approximate surface area is 88.5 Å². The topological polar surface area (TPSA) is 73.1 Å². The molecule has 1 aromatic rings. The molecule has 2 heterocycles. The number of aromatic nitrogens is 2. The van der Waals surface area contributed by atoms with Crippen molar-refractivity contribution >= 4 is 18.2 Å². The van der Waals surface area contributed by atoms with Crippen LogP contribution >= 0.6 is 12.4 Å². The second kappa shape index (κ2) is 4.97. The molecule has 0 amide bonds. The zero-order valence-electron chi connectivity index (χ0n) is 7.64. The SMILES string of the molecule is Cl.Nc1cncc(O[C@@H]2CCNC2)n1. The molecule has 1 aliphatic heterocycles. The third kappa shape index (κ3) is 2.71. The average Bonchev–Trinajstić information content (AvgIpc) is 2.57. The van der Waals surface area contributed by atoms with Crippen LogP contribution in [0.25, 0.3) is 0 Å². The molecule has 0 radical (unpaired) electrons. The van der Waals surface area contributed by atoms with Gasteiger partial charge in [-0.1, -0.05) is 0 Å². The van der Waals surface area contributed by atoms with Crippen LogP contribution in [0.2, 0.25) is 0 Å². The van der Waals surface area contributed by atoms with Crippen molar-refractivity contribution < 1.29 is 4.74 Å². The number of anilines is 1. The number of nitrogens with two attached hydrogens (primary N) is 1. The van der Waals surface area contributed by atoms with Crippen LogP contribution in [-0.4, -0.2) is 29.2 Å². The molecule has 0 unspecified atom stereocenters. The summed E-state index contributed by atoms with van der Waals surface area (Å²) in [5, 5.41) is 3.20. The van der Waals surface area contributed by atoms with Gasteiger partial charge in [0.25, 0.3) is 0 Å². The van der Waals surface area contributed by atoms with E-state index < -0.39 is 0 Å². The van der Waals surface area contributed by atoms with Crippen LogP contribution in [-0.2, 0) is 0 Å². The van der Waals surface area contributed by atoms with E-state index in [1.807, 2.05) is 0 Å². The van der Waals surface area contributed by atoms with Crippen LogP contribution in [0.5, 0.6) is 5.88 Å². The Morgan fingerprint density at radius 1 is 1.50 bits per heavy atom. The summed E-state index contributed by atoms with van der Waals surface area (Å²) in [4.78, 5) is 7.90. The molecule has 78 valence electrons. The highest BCUT2D eigenvalue weighted by Gasteiger charge is 2.16. The quantitative estimate of drug-likeness (QED) is 0.740. The van der Waals surface area contributed by atoms with Gasteiger partial charge in [0.15, 0.2) is 0 Å². The number of nitrogen functional groups attached to an aromatic ring is 1. The van der Waals surface area contributed by atoms with Crippen molar-refractivity contribution in [1.29, 1.82) is 0 Å². The molecule has 2 rings (SSSR count). The van der Waals surface area contributed by atoms with Crippen LogP contribution in [0.3, 0.4) is 0 Å². The van der Waals surface area contributed by atoms with Crippen molar-refractivity contribution in [3.63, 3.8) is 0 Å². The molecule has 0 bridgehead atoms. The summed E-state index contributed by atoms with van der Waals surface area (Å²) in [6.07, 6.45) is 4.29. The monoisotopic (exact) mass is 216 g/mol. The predicted molar refractivity (Wildman–Crippen MR) is 55.6 cm³/mol.